The van der Waals surface area contributed by atoms with Gasteiger partial charge in [-0.1, -0.05) is 52.7 Å². The van der Waals surface area contributed by atoms with E-state index in [0.717, 1.165) is 24.9 Å². The molecule has 1 aromatic rings. The van der Waals surface area contributed by atoms with Crippen molar-refractivity contribution in [1.29, 1.82) is 0 Å². The van der Waals surface area contributed by atoms with E-state index in [0.29, 0.717) is 17.8 Å². The maximum Gasteiger partial charge on any atom is 0.237 e. The normalized spacial score (nSPS) is 30.4. The minimum Gasteiger partial charge on any atom is -0.274 e. The lowest BCUT2D eigenvalue weighted by Crippen LogP contribution is -2.33. The molecule has 1 saturated carbocycles. The molecule has 1 aromatic carbocycles. The van der Waals surface area contributed by atoms with Crippen LogP contribution in [0, 0.1) is 23.7 Å². The van der Waals surface area contributed by atoms with Crippen LogP contribution in [0.3, 0.4) is 0 Å². The van der Waals surface area contributed by atoms with Gasteiger partial charge in [-0.2, -0.15) is 0 Å². The summed E-state index contributed by atoms with van der Waals surface area (Å²) in [6, 6.07) is 7.91. The van der Waals surface area contributed by atoms with Crippen LogP contribution in [0.15, 0.2) is 24.3 Å². The fourth-order valence-corrected chi connectivity index (χ4v) is 4.49. The Balaban J connectivity index is 1.93. The van der Waals surface area contributed by atoms with Gasteiger partial charge in [0.2, 0.25) is 11.8 Å². The Morgan fingerprint density at radius 1 is 0.957 bits per heavy atom. The molecule has 124 valence electrons. The number of benzene rings is 1. The zero-order valence-corrected chi connectivity index (χ0v) is 14.6. The van der Waals surface area contributed by atoms with Crippen molar-refractivity contribution in [3.63, 3.8) is 0 Å². The Hall–Kier alpha value is -1.64. The maximum atomic E-state index is 13.0. The van der Waals surface area contributed by atoms with E-state index >= 15 is 0 Å². The van der Waals surface area contributed by atoms with Crippen molar-refractivity contribution >= 4 is 17.5 Å². The molecule has 0 spiro atoms. The minimum absolute atomic E-state index is 0.0279. The van der Waals surface area contributed by atoms with Gasteiger partial charge in [0.15, 0.2) is 0 Å². The molecule has 0 N–H and O–H groups in total. The van der Waals surface area contributed by atoms with Crippen LogP contribution >= 0.6 is 0 Å². The molecular weight excluding hydrogens is 286 g/mol. The van der Waals surface area contributed by atoms with Gasteiger partial charge in [-0.25, -0.2) is 0 Å². The molecule has 4 atom stereocenters. The zero-order chi connectivity index (χ0) is 16.7. The molecule has 2 aliphatic rings. The molecule has 0 bridgehead atoms. The molecule has 1 heterocycles. The van der Waals surface area contributed by atoms with Gasteiger partial charge in [0, 0.05) is 0 Å². The van der Waals surface area contributed by atoms with Crippen LogP contribution in [-0.2, 0) is 9.59 Å². The summed E-state index contributed by atoms with van der Waals surface area (Å²) in [5.41, 5.74) is 1.97. The molecule has 3 nitrogen and oxygen atoms in total. The van der Waals surface area contributed by atoms with Crippen LogP contribution in [-0.4, -0.2) is 11.8 Å². The summed E-state index contributed by atoms with van der Waals surface area (Å²) in [4.78, 5) is 27.4. The molecule has 1 aliphatic carbocycles. The van der Waals surface area contributed by atoms with E-state index in [9.17, 15) is 9.59 Å². The van der Waals surface area contributed by atoms with E-state index in [-0.39, 0.29) is 23.7 Å². The van der Waals surface area contributed by atoms with Crippen LogP contribution in [0.25, 0.3) is 0 Å². The number of rotatable bonds is 4. The summed E-state index contributed by atoms with van der Waals surface area (Å²) in [7, 11) is 0. The first-order valence-corrected chi connectivity index (χ1v) is 8.97. The quantitative estimate of drug-likeness (QED) is 0.774. The van der Waals surface area contributed by atoms with Gasteiger partial charge in [-0.3, -0.25) is 14.5 Å². The first kappa shape index (κ1) is 16.2. The lowest BCUT2D eigenvalue weighted by atomic mass is 9.88. The predicted molar refractivity (Wildman–Crippen MR) is 92.2 cm³/mol. The lowest BCUT2D eigenvalue weighted by molar-refractivity contribution is -0.123. The highest BCUT2D eigenvalue weighted by Crippen LogP contribution is 2.50. The molecule has 2 fully saturated rings. The van der Waals surface area contributed by atoms with E-state index in [4.69, 9.17) is 0 Å². The van der Waals surface area contributed by atoms with Crippen LogP contribution in [0.5, 0.6) is 0 Å². The predicted octanol–water partition coefficient (Wildman–Crippen LogP) is 4.37. The first-order chi connectivity index (χ1) is 11.0. The van der Waals surface area contributed by atoms with Crippen molar-refractivity contribution < 1.29 is 9.59 Å². The van der Waals surface area contributed by atoms with E-state index in [2.05, 4.69) is 27.7 Å². The highest BCUT2D eigenvalue weighted by molar-refractivity contribution is 6.22. The summed E-state index contributed by atoms with van der Waals surface area (Å²) in [6.07, 6.45) is 2.99. The molecule has 0 radical (unpaired) electrons. The summed E-state index contributed by atoms with van der Waals surface area (Å²) in [6.45, 7) is 8.56. The third-order valence-electron chi connectivity index (χ3n) is 5.89. The van der Waals surface area contributed by atoms with Crippen molar-refractivity contribution in [2.75, 3.05) is 4.90 Å². The number of imide groups is 1. The van der Waals surface area contributed by atoms with Gasteiger partial charge in [0.1, 0.15) is 0 Å². The number of hydrogen-bond acceptors (Lipinski definition) is 2. The summed E-state index contributed by atoms with van der Waals surface area (Å²) < 4.78 is 0. The number of carbonyl (C=O) groups is 2. The summed E-state index contributed by atoms with van der Waals surface area (Å²) >= 11 is 0. The first-order valence-electron chi connectivity index (χ1n) is 8.97. The number of nitrogens with zero attached hydrogens (tertiary/aromatic N) is 1. The molecule has 23 heavy (non-hydrogen) atoms. The molecular formula is C20H27NO2. The van der Waals surface area contributed by atoms with E-state index < -0.39 is 0 Å². The van der Waals surface area contributed by atoms with Gasteiger partial charge in [-0.05, 0) is 41.9 Å². The number of fused-ring (bicyclic) bond motifs is 1. The standard InChI is InChI=1S/C20H27NO2/c1-5-13-11-14(6-2)18-17(13)19(22)21(20(18)23)16-9-7-15(8-10-16)12(3)4/h7-10,12-14,17-18H,5-6,11H2,1-4H3. The second kappa shape index (κ2) is 6.10. The largest absolute Gasteiger partial charge is 0.274 e. The summed E-state index contributed by atoms with van der Waals surface area (Å²) in [5, 5.41) is 0. The minimum atomic E-state index is -0.0952. The molecule has 1 aliphatic heterocycles. The topological polar surface area (TPSA) is 37.4 Å². The summed E-state index contributed by atoms with van der Waals surface area (Å²) in [5.74, 6) is 1.04. The van der Waals surface area contributed by atoms with Gasteiger partial charge < -0.3 is 0 Å². The van der Waals surface area contributed by atoms with Gasteiger partial charge in [-0.15, -0.1) is 0 Å². The van der Waals surface area contributed by atoms with Crippen LogP contribution in [0.1, 0.15) is 58.4 Å². The average molecular weight is 313 g/mol. The zero-order valence-electron chi connectivity index (χ0n) is 14.6. The van der Waals surface area contributed by atoms with Crippen molar-refractivity contribution in [2.45, 2.75) is 52.9 Å². The number of hydrogen-bond donors (Lipinski definition) is 0. The van der Waals surface area contributed by atoms with Crippen molar-refractivity contribution in [2.24, 2.45) is 23.7 Å². The second-order valence-electron chi connectivity index (χ2n) is 7.38. The highest BCUT2D eigenvalue weighted by Gasteiger charge is 2.57. The van der Waals surface area contributed by atoms with E-state index in [1.807, 2.05) is 24.3 Å². The highest BCUT2D eigenvalue weighted by atomic mass is 16.2. The fourth-order valence-electron chi connectivity index (χ4n) is 4.49. The average Bonchev–Trinajstić information content (AvgIpc) is 3.04. The van der Waals surface area contributed by atoms with Crippen LogP contribution in [0.2, 0.25) is 0 Å². The Morgan fingerprint density at radius 3 is 1.83 bits per heavy atom. The van der Waals surface area contributed by atoms with Crippen molar-refractivity contribution in [3.8, 4) is 0 Å². The number of amides is 2. The number of carbonyl (C=O) groups excluding carboxylic acids is 2. The van der Waals surface area contributed by atoms with E-state index in [1.54, 1.807) is 0 Å². The molecule has 1 saturated heterocycles. The number of anilines is 1. The monoisotopic (exact) mass is 313 g/mol. The Labute approximate surface area is 139 Å². The van der Waals surface area contributed by atoms with Crippen LogP contribution < -0.4 is 4.90 Å². The smallest absolute Gasteiger partial charge is 0.237 e. The van der Waals surface area contributed by atoms with Crippen molar-refractivity contribution in [1.82, 2.24) is 0 Å². The molecule has 0 aromatic heterocycles. The third-order valence-corrected chi connectivity index (χ3v) is 5.89. The van der Waals surface area contributed by atoms with Crippen LogP contribution in [0.4, 0.5) is 5.69 Å². The molecule has 2 amide bonds. The third kappa shape index (κ3) is 2.50. The Kier molecular flexibility index (Phi) is 4.31. The fraction of sp³-hybridized carbons (Fsp3) is 0.600. The molecule has 4 unspecified atom stereocenters. The Morgan fingerprint density at radius 2 is 1.43 bits per heavy atom. The van der Waals surface area contributed by atoms with Gasteiger partial charge in [0.05, 0.1) is 17.5 Å². The lowest BCUT2D eigenvalue weighted by Gasteiger charge is -2.20. The molecule has 3 heteroatoms. The Bertz CT molecular complexity index is 577. The van der Waals surface area contributed by atoms with Gasteiger partial charge >= 0.3 is 0 Å². The molecule has 3 rings (SSSR count). The second-order valence-corrected chi connectivity index (χ2v) is 7.38. The maximum absolute atomic E-state index is 13.0. The van der Waals surface area contributed by atoms with Crippen molar-refractivity contribution in [3.05, 3.63) is 29.8 Å². The van der Waals surface area contributed by atoms with E-state index in [1.165, 1.54) is 10.5 Å². The SMILES string of the molecule is CCC1CC(CC)C2C(=O)N(c3ccc(C(C)C)cc3)C(=O)C12. The van der Waals surface area contributed by atoms with Gasteiger partial charge in [0.25, 0.3) is 0 Å².